The van der Waals surface area contributed by atoms with E-state index in [9.17, 15) is 14.3 Å². The van der Waals surface area contributed by atoms with Crippen LogP contribution in [-0.4, -0.2) is 29.2 Å². The molecule has 8 nitrogen and oxygen atoms in total. The van der Waals surface area contributed by atoms with Gasteiger partial charge in [0, 0.05) is 18.3 Å². The molecule has 0 fully saturated rings. The highest BCUT2D eigenvalue weighted by molar-refractivity contribution is 5.31. The lowest BCUT2D eigenvalue weighted by Crippen LogP contribution is -2.23. The summed E-state index contributed by atoms with van der Waals surface area (Å²) in [6, 6.07) is 6.42. The Morgan fingerprint density at radius 3 is 2.75 bits per heavy atom. The van der Waals surface area contributed by atoms with Crippen molar-refractivity contribution >= 4 is 0 Å². The second-order valence-electron chi connectivity index (χ2n) is 6.44. The van der Waals surface area contributed by atoms with Gasteiger partial charge in [0.15, 0.2) is 0 Å². The second kappa shape index (κ2) is 7.18. The van der Waals surface area contributed by atoms with Gasteiger partial charge in [-0.05, 0) is 25.0 Å². The van der Waals surface area contributed by atoms with Crippen molar-refractivity contribution in [3.8, 4) is 11.6 Å². The molecule has 0 radical (unpaired) electrons. The number of nitrogens with zero attached hydrogens (tertiary/aromatic N) is 5. The molecule has 1 aromatic carbocycles. The van der Waals surface area contributed by atoms with Gasteiger partial charge in [0.25, 0.3) is 0 Å². The molecule has 4 rings (SSSR count). The van der Waals surface area contributed by atoms with Crippen molar-refractivity contribution in [1.29, 1.82) is 0 Å². The van der Waals surface area contributed by atoms with Crippen LogP contribution in [0.5, 0.6) is 5.88 Å². The number of aryl methyl sites for hydroxylation is 3. The average molecular weight is 383 g/mol. The van der Waals surface area contributed by atoms with Crippen molar-refractivity contribution in [3.63, 3.8) is 0 Å². The van der Waals surface area contributed by atoms with Crippen molar-refractivity contribution in [1.82, 2.24) is 24.1 Å². The van der Waals surface area contributed by atoms with E-state index in [-0.39, 0.29) is 18.2 Å². The molecule has 0 saturated heterocycles. The van der Waals surface area contributed by atoms with Crippen molar-refractivity contribution in [2.75, 3.05) is 0 Å². The van der Waals surface area contributed by atoms with Crippen LogP contribution in [0.15, 0.2) is 58.4 Å². The fourth-order valence-corrected chi connectivity index (χ4v) is 3.02. The van der Waals surface area contributed by atoms with E-state index in [1.807, 2.05) is 0 Å². The SMILES string of the molecule is Cc1oncc1Cn1cc(-n2c(O)cn(CCc3ccccc3F)c2=O)cn1. The molecule has 144 valence electrons. The summed E-state index contributed by atoms with van der Waals surface area (Å²) in [5, 5.41) is 18.2. The van der Waals surface area contributed by atoms with E-state index in [4.69, 9.17) is 4.52 Å². The monoisotopic (exact) mass is 383 g/mol. The maximum absolute atomic E-state index is 13.8. The lowest BCUT2D eigenvalue weighted by molar-refractivity contribution is 0.395. The van der Waals surface area contributed by atoms with Crippen molar-refractivity contribution in [3.05, 3.63) is 82.2 Å². The van der Waals surface area contributed by atoms with Gasteiger partial charge in [-0.3, -0.25) is 9.25 Å². The molecule has 0 aliphatic heterocycles. The van der Waals surface area contributed by atoms with Crippen molar-refractivity contribution in [2.45, 2.75) is 26.4 Å². The number of halogens is 1. The third kappa shape index (κ3) is 3.34. The van der Waals surface area contributed by atoms with Gasteiger partial charge in [0.2, 0.25) is 5.88 Å². The molecular weight excluding hydrogens is 365 g/mol. The van der Waals surface area contributed by atoms with Gasteiger partial charge in [0.05, 0.1) is 30.8 Å². The smallest absolute Gasteiger partial charge is 0.335 e. The number of imidazole rings is 1. The predicted molar refractivity (Wildman–Crippen MR) is 97.9 cm³/mol. The molecule has 3 heterocycles. The summed E-state index contributed by atoms with van der Waals surface area (Å²) < 4.78 is 22.9. The van der Waals surface area contributed by atoms with Gasteiger partial charge in [-0.15, -0.1) is 0 Å². The Bertz CT molecular complexity index is 1170. The second-order valence-corrected chi connectivity index (χ2v) is 6.44. The lowest BCUT2D eigenvalue weighted by Gasteiger charge is -2.03. The molecule has 0 unspecified atom stereocenters. The van der Waals surface area contributed by atoms with Crippen LogP contribution in [-0.2, 0) is 19.5 Å². The number of aromatic nitrogens is 5. The zero-order valence-corrected chi connectivity index (χ0v) is 15.1. The largest absolute Gasteiger partial charge is 0.493 e. The molecule has 0 aliphatic carbocycles. The van der Waals surface area contributed by atoms with Crippen LogP contribution in [0, 0.1) is 12.7 Å². The van der Waals surface area contributed by atoms with Crippen LogP contribution in [0.4, 0.5) is 4.39 Å². The van der Waals surface area contributed by atoms with E-state index in [2.05, 4.69) is 10.3 Å². The number of hydrogen-bond donors (Lipinski definition) is 1. The third-order valence-electron chi connectivity index (χ3n) is 4.58. The first-order valence-electron chi connectivity index (χ1n) is 8.70. The molecule has 0 atom stereocenters. The number of rotatable bonds is 6. The van der Waals surface area contributed by atoms with E-state index in [1.54, 1.807) is 42.2 Å². The molecule has 0 amide bonds. The van der Waals surface area contributed by atoms with Crippen LogP contribution < -0.4 is 5.69 Å². The number of aromatic hydroxyl groups is 1. The van der Waals surface area contributed by atoms with Gasteiger partial charge >= 0.3 is 5.69 Å². The van der Waals surface area contributed by atoms with E-state index < -0.39 is 5.69 Å². The first-order chi connectivity index (χ1) is 13.5. The Morgan fingerprint density at radius 2 is 2.00 bits per heavy atom. The standard InChI is InChI=1S/C19H18FN5O3/c1-13-15(8-22-28-13)10-24-11-16(9-21-24)25-18(26)12-23(19(25)27)7-6-14-4-2-3-5-17(14)20/h2-5,8-9,11-12,26H,6-7,10H2,1H3. The minimum atomic E-state index is -0.422. The highest BCUT2D eigenvalue weighted by Crippen LogP contribution is 2.16. The molecule has 0 bridgehead atoms. The van der Waals surface area contributed by atoms with Crippen LogP contribution in [0.1, 0.15) is 16.9 Å². The zero-order valence-electron chi connectivity index (χ0n) is 15.1. The lowest BCUT2D eigenvalue weighted by atomic mass is 10.1. The Hall–Kier alpha value is -3.62. The average Bonchev–Trinajstić information content (AvgIpc) is 3.36. The fourth-order valence-electron chi connectivity index (χ4n) is 3.02. The van der Waals surface area contributed by atoms with Crippen molar-refractivity contribution < 1.29 is 14.0 Å². The minimum absolute atomic E-state index is 0.209. The van der Waals surface area contributed by atoms with Crippen LogP contribution in [0.25, 0.3) is 5.69 Å². The highest BCUT2D eigenvalue weighted by atomic mass is 19.1. The third-order valence-corrected chi connectivity index (χ3v) is 4.58. The molecule has 4 aromatic rings. The quantitative estimate of drug-likeness (QED) is 0.552. The molecule has 3 aromatic heterocycles. The van der Waals surface area contributed by atoms with Crippen LogP contribution in [0.3, 0.4) is 0 Å². The van der Waals surface area contributed by atoms with E-state index in [1.165, 1.54) is 23.0 Å². The maximum atomic E-state index is 13.8. The maximum Gasteiger partial charge on any atom is 0.335 e. The molecule has 9 heteroatoms. The van der Waals surface area contributed by atoms with Gasteiger partial charge < -0.3 is 9.63 Å². The molecule has 0 aliphatic rings. The molecule has 0 saturated carbocycles. The van der Waals surface area contributed by atoms with Crippen molar-refractivity contribution in [2.24, 2.45) is 0 Å². The predicted octanol–water partition coefficient (Wildman–Crippen LogP) is 2.27. The summed E-state index contributed by atoms with van der Waals surface area (Å²) in [6.07, 6.45) is 6.42. The van der Waals surface area contributed by atoms with E-state index in [0.717, 1.165) is 10.1 Å². The van der Waals surface area contributed by atoms with E-state index in [0.29, 0.717) is 30.0 Å². The summed E-state index contributed by atoms with van der Waals surface area (Å²) >= 11 is 0. The molecular formula is C19H18FN5O3. The summed E-state index contributed by atoms with van der Waals surface area (Å²) in [4.78, 5) is 12.7. The van der Waals surface area contributed by atoms with Gasteiger partial charge in [0.1, 0.15) is 11.6 Å². The summed E-state index contributed by atoms with van der Waals surface area (Å²) in [6.45, 7) is 2.48. The first kappa shape index (κ1) is 17.8. The summed E-state index contributed by atoms with van der Waals surface area (Å²) in [5.74, 6) is 0.167. The van der Waals surface area contributed by atoms with Gasteiger partial charge in [-0.25, -0.2) is 13.8 Å². The summed E-state index contributed by atoms with van der Waals surface area (Å²) in [5.41, 5.74) is 1.39. The van der Waals surface area contributed by atoms with Crippen LogP contribution >= 0.6 is 0 Å². The molecule has 1 N–H and O–H groups in total. The highest BCUT2D eigenvalue weighted by Gasteiger charge is 2.15. The van der Waals surface area contributed by atoms with Crippen LogP contribution in [0.2, 0.25) is 0 Å². The number of hydrogen-bond acceptors (Lipinski definition) is 5. The normalized spacial score (nSPS) is 11.2. The Kier molecular flexibility index (Phi) is 4.56. The molecule has 28 heavy (non-hydrogen) atoms. The Morgan fingerprint density at radius 1 is 1.18 bits per heavy atom. The fraction of sp³-hybridized carbons (Fsp3) is 0.211. The summed E-state index contributed by atoms with van der Waals surface area (Å²) in [7, 11) is 0. The first-order valence-corrected chi connectivity index (χ1v) is 8.70. The van der Waals surface area contributed by atoms with Gasteiger partial charge in [-0.2, -0.15) is 5.10 Å². The Balaban J connectivity index is 1.55. The van der Waals surface area contributed by atoms with Gasteiger partial charge in [-0.1, -0.05) is 23.4 Å². The van der Waals surface area contributed by atoms with E-state index >= 15 is 0 Å². The number of benzene rings is 1. The topological polar surface area (TPSA) is 91.0 Å². The zero-order chi connectivity index (χ0) is 19.7. The Labute approximate surface area is 159 Å². The molecule has 0 spiro atoms. The minimum Gasteiger partial charge on any atom is -0.493 e.